The number of nitrogens with zero attached hydrogens (tertiary/aromatic N) is 2. The number of benzene rings is 1. The third-order valence-corrected chi connectivity index (χ3v) is 2.71. The molecule has 0 spiro atoms. The highest BCUT2D eigenvalue weighted by Gasteiger charge is 2.04. The molecule has 88 valence electrons. The largest absolute Gasteiger partial charge is 0.398 e. The van der Waals surface area contributed by atoms with Crippen molar-refractivity contribution in [3.05, 3.63) is 46.2 Å². The molecule has 1 heterocycles. The average molecular weight is 269 g/mol. The lowest BCUT2D eigenvalue weighted by molar-refractivity contribution is 1.02. The maximum absolute atomic E-state index is 5.88. The van der Waals surface area contributed by atoms with Crippen LogP contribution in [0.2, 0.25) is 10.3 Å². The van der Waals surface area contributed by atoms with E-state index in [1.54, 1.807) is 6.07 Å². The molecule has 0 saturated carbocycles. The first-order valence-corrected chi connectivity index (χ1v) is 5.68. The van der Waals surface area contributed by atoms with Crippen LogP contribution in [0.4, 0.5) is 11.4 Å². The van der Waals surface area contributed by atoms with E-state index in [0.717, 1.165) is 11.3 Å². The van der Waals surface area contributed by atoms with Gasteiger partial charge in [-0.3, -0.25) is 0 Å². The zero-order valence-electron chi connectivity index (χ0n) is 8.82. The number of halogens is 2. The Morgan fingerprint density at radius 2 is 1.94 bits per heavy atom. The lowest BCUT2D eigenvalue weighted by Crippen LogP contribution is -2.04. The van der Waals surface area contributed by atoms with Crippen LogP contribution in [0.25, 0.3) is 0 Å². The van der Waals surface area contributed by atoms with E-state index in [9.17, 15) is 0 Å². The van der Waals surface area contributed by atoms with E-state index in [4.69, 9.17) is 28.9 Å². The van der Waals surface area contributed by atoms with Crippen LogP contribution in [0.5, 0.6) is 0 Å². The van der Waals surface area contributed by atoms with Crippen molar-refractivity contribution in [2.45, 2.75) is 6.54 Å². The lowest BCUT2D eigenvalue weighted by atomic mass is 10.2. The van der Waals surface area contributed by atoms with Crippen LogP contribution in [0, 0.1) is 0 Å². The molecule has 0 bridgehead atoms. The zero-order chi connectivity index (χ0) is 12.3. The second-order valence-corrected chi connectivity index (χ2v) is 4.17. The standard InChI is InChI=1S/C11H10Cl2N4/c12-10-5-9(11(13)17-16-10)15-6-7-3-1-2-4-8(7)14/h1-5H,6,14H2,(H,15,16). The molecule has 4 nitrogen and oxygen atoms in total. The van der Waals surface area contributed by atoms with Crippen LogP contribution in [0.1, 0.15) is 5.56 Å². The van der Waals surface area contributed by atoms with Crippen molar-refractivity contribution in [3.8, 4) is 0 Å². The van der Waals surface area contributed by atoms with Gasteiger partial charge in [-0.1, -0.05) is 41.4 Å². The minimum Gasteiger partial charge on any atom is -0.398 e. The molecule has 2 rings (SSSR count). The van der Waals surface area contributed by atoms with Crippen molar-refractivity contribution in [2.75, 3.05) is 11.1 Å². The smallest absolute Gasteiger partial charge is 0.174 e. The SMILES string of the molecule is Nc1ccccc1CNc1cc(Cl)nnc1Cl. The van der Waals surface area contributed by atoms with Crippen LogP contribution in [-0.4, -0.2) is 10.2 Å². The van der Waals surface area contributed by atoms with E-state index in [0.29, 0.717) is 12.2 Å². The van der Waals surface area contributed by atoms with E-state index in [1.165, 1.54) is 0 Å². The van der Waals surface area contributed by atoms with Gasteiger partial charge in [0.05, 0.1) is 5.69 Å². The first-order chi connectivity index (χ1) is 8.16. The summed E-state index contributed by atoms with van der Waals surface area (Å²) in [6, 6.07) is 9.21. The van der Waals surface area contributed by atoms with E-state index in [-0.39, 0.29) is 10.3 Å². The van der Waals surface area contributed by atoms with E-state index < -0.39 is 0 Å². The third kappa shape index (κ3) is 2.99. The Bertz CT molecular complexity index is 531. The molecule has 0 aliphatic carbocycles. The maximum Gasteiger partial charge on any atom is 0.174 e. The van der Waals surface area contributed by atoms with Crippen LogP contribution >= 0.6 is 23.2 Å². The second-order valence-electron chi connectivity index (χ2n) is 3.42. The molecule has 0 saturated heterocycles. The number of nitrogens with one attached hydrogen (secondary N) is 1. The van der Waals surface area contributed by atoms with Gasteiger partial charge in [-0.2, -0.15) is 0 Å². The predicted molar refractivity (Wildman–Crippen MR) is 70.2 cm³/mol. The number of hydrogen-bond acceptors (Lipinski definition) is 4. The Morgan fingerprint density at radius 1 is 1.18 bits per heavy atom. The highest BCUT2D eigenvalue weighted by molar-refractivity contribution is 6.33. The minimum atomic E-state index is 0.281. The third-order valence-electron chi connectivity index (χ3n) is 2.24. The molecule has 6 heteroatoms. The number of nitrogens with two attached hydrogens (primary N) is 1. The lowest BCUT2D eigenvalue weighted by Gasteiger charge is -2.09. The van der Waals surface area contributed by atoms with E-state index >= 15 is 0 Å². The predicted octanol–water partition coefficient (Wildman–Crippen LogP) is 2.98. The van der Waals surface area contributed by atoms with Crippen LogP contribution in [-0.2, 0) is 6.54 Å². The van der Waals surface area contributed by atoms with Crippen molar-refractivity contribution in [3.63, 3.8) is 0 Å². The highest BCUT2D eigenvalue weighted by Crippen LogP contribution is 2.22. The molecular weight excluding hydrogens is 259 g/mol. The van der Waals surface area contributed by atoms with Gasteiger partial charge >= 0.3 is 0 Å². The number of aromatic nitrogens is 2. The van der Waals surface area contributed by atoms with E-state index in [1.807, 2.05) is 24.3 Å². The van der Waals surface area contributed by atoms with Gasteiger partial charge in [0.2, 0.25) is 0 Å². The Kier molecular flexibility index (Phi) is 3.66. The molecule has 1 aromatic carbocycles. The summed E-state index contributed by atoms with van der Waals surface area (Å²) in [7, 11) is 0. The van der Waals surface area contributed by atoms with Crippen LogP contribution in [0.3, 0.4) is 0 Å². The second kappa shape index (κ2) is 5.21. The van der Waals surface area contributed by atoms with Crippen molar-refractivity contribution in [1.29, 1.82) is 0 Å². The van der Waals surface area contributed by atoms with Gasteiger partial charge in [0, 0.05) is 18.3 Å². The molecule has 0 radical (unpaired) electrons. The molecule has 0 fully saturated rings. The van der Waals surface area contributed by atoms with Crippen molar-refractivity contribution >= 4 is 34.6 Å². The van der Waals surface area contributed by atoms with Crippen LogP contribution < -0.4 is 11.1 Å². The summed E-state index contributed by atoms with van der Waals surface area (Å²) >= 11 is 11.6. The average Bonchev–Trinajstić information content (AvgIpc) is 2.32. The fourth-order valence-electron chi connectivity index (χ4n) is 1.36. The summed E-state index contributed by atoms with van der Waals surface area (Å²) in [6.07, 6.45) is 0. The molecule has 0 atom stereocenters. The normalized spacial score (nSPS) is 10.2. The monoisotopic (exact) mass is 268 g/mol. The fourth-order valence-corrected chi connectivity index (χ4v) is 1.67. The highest BCUT2D eigenvalue weighted by atomic mass is 35.5. The fraction of sp³-hybridized carbons (Fsp3) is 0.0909. The Balaban J connectivity index is 2.12. The summed E-state index contributed by atoms with van der Waals surface area (Å²) in [5, 5.41) is 11.0. The number of para-hydroxylation sites is 1. The summed E-state index contributed by atoms with van der Waals surface area (Å²) < 4.78 is 0. The van der Waals surface area contributed by atoms with Crippen LogP contribution in [0.15, 0.2) is 30.3 Å². The molecular formula is C11H10Cl2N4. The Morgan fingerprint density at radius 3 is 2.71 bits per heavy atom. The topological polar surface area (TPSA) is 63.8 Å². The summed E-state index contributed by atoms with van der Waals surface area (Å²) in [6.45, 7) is 0.550. The number of anilines is 2. The number of nitrogen functional groups attached to an aromatic ring is 1. The molecule has 17 heavy (non-hydrogen) atoms. The summed E-state index contributed by atoms with van der Waals surface area (Å²) in [4.78, 5) is 0. The van der Waals surface area contributed by atoms with Gasteiger partial charge < -0.3 is 11.1 Å². The van der Waals surface area contributed by atoms with Gasteiger partial charge in [-0.25, -0.2) is 0 Å². The molecule has 0 amide bonds. The van der Waals surface area contributed by atoms with Gasteiger partial charge in [0.25, 0.3) is 0 Å². The van der Waals surface area contributed by atoms with Crippen molar-refractivity contribution in [1.82, 2.24) is 10.2 Å². The molecule has 3 N–H and O–H groups in total. The molecule has 1 aromatic heterocycles. The quantitative estimate of drug-likeness (QED) is 0.841. The minimum absolute atomic E-state index is 0.281. The number of rotatable bonds is 3. The van der Waals surface area contributed by atoms with Gasteiger partial charge in [-0.15, -0.1) is 10.2 Å². The maximum atomic E-state index is 5.88. The Labute approximate surface area is 109 Å². The molecule has 2 aromatic rings. The van der Waals surface area contributed by atoms with Gasteiger partial charge in [0.15, 0.2) is 10.3 Å². The Hall–Kier alpha value is -1.52. The molecule has 0 unspecified atom stereocenters. The first kappa shape index (κ1) is 12.0. The molecule has 0 aliphatic rings. The van der Waals surface area contributed by atoms with Crippen molar-refractivity contribution < 1.29 is 0 Å². The van der Waals surface area contributed by atoms with E-state index in [2.05, 4.69) is 15.5 Å². The zero-order valence-corrected chi connectivity index (χ0v) is 10.3. The summed E-state index contributed by atoms with van der Waals surface area (Å²) in [5.74, 6) is 0. The first-order valence-electron chi connectivity index (χ1n) is 4.93. The summed E-state index contributed by atoms with van der Waals surface area (Å²) in [5.41, 5.74) is 8.17. The molecule has 0 aliphatic heterocycles. The van der Waals surface area contributed by atoms with Gasteiger partial charge in [0.1, 0.15) is 0 Å². The number of hydrogen-bond donors (Lipinski definition) is 2. The van der Waals surface area contributed by atoms with Gasteiger partial charge in [-0.05, 0) is 11.6 Å². The van der Waals surface area contributed by atoms with Crippen molar-refractivity contribution in [2.24, 2.45) is 0 Å².